The van der Waals surface area contributed by atoms with E-state index >= 15 is 0 Å². The highest BCUT2D eigenvalue weighted by Crippen LogP contribution is 2.34. The molecule has 0 spiro atoms. The number of nitrogens with zero attached hydrogens (tertiary/aromatic N) is 3. The number of methoxy groups -OCH3 is 1. The predicted octanol–water partition coefficient (Wildman–Crippen LogP) is 3.38. The van der Waals surface area contributed by atoms with Crippen molar-refractivity contribution in [3.8, 4) is 0 Å². The second kappa shape index (κ2) is 9.56. The molecule has 2 heterocycles. The van der Waals surface area contributed by atoms with Crippen LogP contribution in [0.25, 0.3) is 0 Å². The zero-order chi connectivity index (χ0) is 20.1. The minimum absolute atomic E-state index is 0.0492. The van der Waals surface area contributed by atoms with Gasteiger partial charge in [-0.15, -0.1) is 0 Å². The molecule has 0 atom stereocenters. The molecule has 0 unspecified atom stereocenters. The first kappa shape index (κ1) is 21.5. The number of sulfonamides is 1. The molecule has 0 amide bonds. The number of hydrogen-bond donors (Lipinski definition) is 0. The number of imidazole rings is 1. The van der Waals surface area contributed by atoms with Gasteiger partial charge in [0.1, 0.15) is 17.5 Å². The molecule has 1 aliphatic rings. The number of ether oxygens (including phenoxy) is 2. The summed E-state index contributed by atoms with van der Waals surface area (Å²) in [6.45, 7) is 2.23. The van der Waals surface area contributed by atoms with Crippen LogP contribution in [0.15, 0.2) is 35.5 Å². The lowest BCUT2D eigenvalue weighted by Crippen LogP contribution is -2.38. The van der Waals surface area contributed by atoms with E-state index in [1.165, 1.54) is 10.4 Å². The lowest BCUT2D eigenvalue weighted by atomic mass is 9.97. The molecule has 0 saturated carbocycles. The van der Waals surface area contributed by atoms with Crippen molar-refractivity contribution >= 4 is 33.2 Å². The third-order valence-corrected chi connectivity index (χ3v) is 7.63. The number of rotatable bonds is 8. The third kappa shape index (κ3) is 4.69. The molecule has 1 aliphatic heterocycles. The number of piperidine rings is 1. The van der Waals surface area contributed by atoms with E-state index in [0.29, 0.717) is 45.9 Å². The Kier molecular flexibility index (Phi) is 7.36. The Hall–Kier alpha value is -1.16. The molecule has 1 aromatic carbocycles. The van der Waals surface area contributed by atoms with Crippen LogP contribution < -0.4 is 0 Å². The zero-order valence-electron chi connectivity index (χ0n) is 15.6. The van der Waals surface area contributed by atoms with Gasteiger partial charge in [-0.3, -0.25) is 0 Å². The molecule has 7 nitrogen and oxygen atoms in total. The number of aromatic nitrogens is 2. The number of halogens is 2. The summed E-state index contributed by atoms with van der Waals surface area (Å²) in [6, 6.07) is 4.65. The monoisotopic (exact) mass is 447 g/mol. The van der Waals surface area contributed by atoms with Gasteiger partial charge >= 0.3 is 0 Å². The van der Waals surface area contributed by atoms with E-state index in [4.69, 9.17) is 32.7 Å². The van der Waals surface area contributed by atoms with Crippen molar-refractivity contribution < 1.29 is 17.9 Å². The van der Waals surface area contributed by atoms with Crippen LogP contribution in [0.2, 0.25) is 10.0 Å². The molecule has 1 saturated heterocycles. The Bertz CT molecular complexity index is 896. The minimum atomic E-state index is -3.69. The second-order valence-corrected chi connectivity index (χ2v) is 9.21. The van der Waals surface area contributed by atoms with Gasteiger partial charge in [0.25, 0.3) is 0 Å². The Balaban J connectivity index is 1.65. The van der Waals surface area contributed by atoms with E-state index in [9.17, 15) is 8.42 Å². The largest absolute Gasteiger partial charge is 0.382 e. The van der Waals surface area contributed by atoms with Gasteiger partial charge in [-0.05, 0) is 25.0 Å². The van der Waals surface area contributed by atoms with Crippen molar-refractivity contribution in [2.75, 3.05) is 33.4 Å². The van der Waals surface area contributed by atoms with Crippen molar-refractivity contribution in [1.29, 1.82) is 0 Å². The fourth-order valence-corrected chi connectivity index (χ4v) is 5.48. The summed E-state index contributed by atoms with van der Waals surface area (Å²) in [6.07, 6.45) is 4.96. The molecular weight excluding hydrogens is 425 g/mol. The van der Waals surface area contributed by atoms with E-state index < -0.39 is 10.0 Å². The van der Waals surface area contributed by atoms with Crippen LogP contribution in [0.5, 0.6) is 0 Å². The average Bonchev–Trinajstić information content (AvgIpc) is 3.16. The van der Waals surface area contributed by atoms with E-state index in [1.54, 1.807) is 25.4 Å². The summed E-state index contributed by atoms with van der Waals surface area (Å²) in [5.74, 6) is 1.08. The fourth-order valence-electron chi connectivity index (χ4n) is 3.27. The SMILES string of the molecule is COCCOCn1ccnc1C1CCN(S(=O)(=O)c2cccc(Cl)c2Cl)CC1. The van der Waals surface area contributed by atoms with Crippen LogP contribution >= 0.6 is 23.2 Å². The van der Waals surface area contributed by atoms with Crippen molar-refractivity contribution in [2.24, 2.45) is 0 Å². The summed E-state index contributed by atoms with van der Waals surface area (Å²) in [7, 11) is -2.06. The van der Waals surface area contributed by atoms with Crippen molar-refractivity contribution in [2.45, 2.75) is 30.4 Å². The molecule has 28 heavy (non-hydrogen) atoms. The number of hydrogen-bond acceptors (Lipinski definition) is 5. The van der Waals surface area contributed by atoms with Gasteiger partial charge in [-0.1, -0.05) is 29.3 Å². The summed E-state index contributed by atoms with van der Waals surface area (Å²) < 4.78 is 39.9. The van der Waals surface area contributed by atoms with Gasteiger partial charge in [0, 0.05) is 38.5 Å². The summed E-state index contributed by atoms with van der Waals surface area (Å²) in [4.78, 5) is 4.50. The maximum atomic E-state index is 13.0. The molecule has 2 aromatic rings. The van der Waals surface area contributed by atoms with Gasteiger partial charge in [0.05, 0.1) is 23.3 Å². The molecule has 1 aromatic heterocycles. The Morgan fingerprint density at radius 1 is 1.21 bits per heavy atom. The van der Waals surface area contributed by atoms with Crippen LogP contribution in [0.4, 0.5) is 0 Å². The maximum Gasteiger partial charge on any atom is 0.244 e. The summed E-state index contributed by atoms with van der Waals surface area (Å²) in [5, 5.41) is 0.295. The second-order valence-electron chi connectivity index (χ2n) is 6.52. The van der Waals surface area contributed by atoms with Crippen molar-refractivity contribution in [1.82, 2.24) is 13.9 Å². The summed E-state index contributed by atoms with van der Waals surface area (Å²) >= 11 is 12.1. The average molecular weight is 448 g/mol. The highest BCUT2D eigenvalue weighted by Gasteiger charge is 2.33. The van der Waals surface area contributed by atoms with Crippen LogP contribution in [-0.2, 0) is 26.2 Å². The standard InChI is InChI=1S/C18H23Cl2N3O4S/c1-26-11-12-27-13-22-10-7-21-18(22)14-5-8-23(9-6-14)28(24,25)16-4-2-3-15(19)17(16)20/h2-4,7,10,14H,5-6,8-9,11-13H2,1H3. The molecule has 0 aliphatic carbocycles. The van der Waals surface area contributed by atoms with Crippen molar-refractivity contribution in [3.05, 3.63) is 46.5 Å². The molecule has 10 heteroatoms. The Labute approximate surface area is 175 Å². The highest BCUT2D eigenvalue weighted by molar-refractivity contribution is 7.89. The fraction of sp³-hybridized carbons (Fsp3) is 0.500. The predicted molar refractivity (Wildman–Crippen MR) is 107 cm³/mol. The summed E-state index contributed by atoms with van der Waals surface area (Å²) in [5.41, 5.74) is 0. The number of benzene rings is 1. The quantitative estimate of drug-likeness (QED) is 0.579. The molecule has 154 valence electrons. The van der Waals surface area contributed by atoms with Gasteiger partial charge < -0.3 is 14.0 Å². The van der Waals surface area contributed by atoms with Gasteiger partial charge in [-0.2, -0.15) is 4.31 Å². The zero-order valence-corrected chi connectivity index (χ0v) is 17.9. The lowest BCUT2D eigenvalue weighted by molar-refractivity contribution is 0.0321. The van der Waals surface area contributed by atoms with E-state index in [0.717, 1.165) is 5.82 Å². The van der Waals surface area contributed by atoms with Crippen molar-refractivity contribution in [3.63, 3.8) is 0 Å². The normalized spacial score (nSPS) is 16.5. The first-order chi connectivity index (χ1) is 13.4. The van der Waals surface area contributed by atoms with E-state index in [-0.39, 0.29) is 20.9 Å². The molecule has 0 N–H and O–H groups in total. The third-order valence-electron chi connectivity index (χ3n) is 4.76. The van der Waals surface area contributed by atoms with E-state index in [1.807, 2.05) is 10.8 Å². The lowest BCUT2D eigenvalue weighted by Gasteiger charge is -2.31. The minimum Gasteiger partial charge on any atom is -0.382 e. The van der Waals surface area contributed by atoms with Gasteiger partial charge in [0.2, 0.25) is 10.0 Å². The first-order valence-electron chi connectivity index (χ1n) is 8.97. The Morgan fingerprint density at radius 2 is 1.96 bits per heavy atom. The first-order valence-corrected chi connectivity index (χ1v) is 11.2. The topological polar surface area (TPSA) is 73.7 Å². The van der Waals surface area contributed by atoms with Crippen LogP contribution in [0, 0.1) is 0 Å². The molecule has 3 rings (SSSR count). The highest BCUT2D eigenvalue weighted by atomic mass is 35.5. The van der Waals surface area contributed by atoms with Crippen LogP contribution in [0.3, 0.4) is 0 Å². The van der Waals surface area contributed by atoms with Gasteiger partial charge in [-0.25, -0.2) is 13.4 Å². The maximum absolute atomic E-state index is 13.0. The Morgan fingerprint density at radius 3 is 2.68 bits per heavy atom. The molecular formula is C18H23Cl2N3O4S. The molecule has 1 fully saturated rings. The van der Waals surface area contributed by atoms with Gasteiger partial charge in [0.15, 0.2) is 0 Å². The van der Waals surface area contributed by atoms with Crippen LogP contribution in [0.1, 0.15) is 24.6 Å². The van der Waals surface area contributed by atoms with Crippen LogP contribution in [-0.4, -0.2) is 55.7 Å². The smallest absolute Gasteiger partial charge is 0.244 e. The van der Waals surface area contributed by atoms with E-state index in [2.05, 4.69) is 4.98 Å². The molecule has 0 radical (unpaired) electrons. The molecule has 0 bridgehead atoms.